The van der Waals surface area contributed by atoms with Gasteiger partial charge in [-0.15, -0.1) is 0 Å². The molecule has 5 nitrogen and oxygen atoms in total. The molecule has 1 aliphatic carbocycles. The molecule has 0 bridgehead atoms. The number of amides is 1. The number of benzene rings is 1. The van der Waals surface area contributed by atoms with Gasteiger partial charge in [0, 0.05) is 30.2 Å². The third-order valence-electron chi connectivity index (χ3n) is 4.24. The number of nitrogens with one attached hydrogen (secondary N) is 1. The maximum atomic E-state index is 12.0. The minimum Gasteiger partial charge on any atom is -0.349 e. The van der Waals surface area contributed by atoms with Gasteiger partial charge in [0.05, 0.1) is 5.56 Å². The van der Waals surface area contributed by atoms with Crippen LogP contribution in [0.15, 0.2) is 36.7 Å². The number of rotatable bonds is 3. The lowest BCUT2D eigenvalue weighted by Crippen LogP contribution is -2.28. The largest absolute Gasteiger partial charge is 0.349 e. The van der Waals surface area contributed by atoms with Crippen molar-refractivity contribution in [2.24, 2.45) is 0 Å². The molecule has 1 fully saturated rings. The summed E-state index contributed by atoms with van der Waals surface area (Å²) in [5.41, 5.74) is 3.00. The van der Waals surface area contributed by atoms with Crippen LogP contribution in [-0.4, -0.2) is 28.0 Å². The molecule has 2 heterocycles. The molecule has 112 valence electrons. The molecule has 2 aliphatic rings. The van der Waals surface area contributed by atoms with E-state index in [-0.39, 0.29) is 5.91 Å². The Morgan fingerprint density at radius 1 is 1.23 bits per heavy atom. The second-order valence-electron chi connectivity index (χ2n) is 6.07. The summed E-state index contributed by atoms with van der Waals surface area (Å²) in [5.74, 6) is 0.573. The lowest BCUT2D eigenvalue weighted by Gasteiger charge is -2.22. The number of fused-ring (bicyclic) bond motifs is 1. The van der Waals surface area contributed by atoms with Crippen molar-refractivity contribution in [2.45, 2.75) is 38.3 Å². The molecule has 0 saturated heterocycles. The molecule has 5 heteroatoms. The summed E-state index contributed by atoms with van der Waals surface area (Å²) >= 11 is 0. The molecule has 1 aliphatic heterocycles. The molecule has 0 spiro atoms. The molecule has 1 amide bonds. The van der Waals surface area contributed by atoms with Gasteiger partial charge < -0.3 is 10.2 Å². The fraction of sp³-hybridized carbons (Fsp3) is 0.353. The number of hydrogen-bond donors (Lipinski definition) is 1. The van der Waals surface area contributed by atoms with Crippen LogP contribution in [0, 0.1) is 0 Å². The van der Waals surface area contributed by atoms with Gasteiger partial charge in [-0.3, -0.25) is 4.79 Å². The Hall–Kier alpha value is -2.43. The van der Waals surface area contributed by atoms with E-state index in [1.165, 1.54) is 5.56 Å². The van der Waals surface area contributed by atoms with Crippen LogP contribution in [0.25, 0.3) is 0 Å². The van der Waals surface area contributed by atoms with E-state index in [4.69, 9.17) is 0 Å². The van der Waals surface area contributed by atoms with Gasteiger partial charge in [-0.05, 0) is 37.8 Å². The van der Waals surface area contributed by atoms with Crippen LogP contribution in [0.4, 0.5) is 11.6 Å². The molecule has 22 heavy (non-hydrogen) atoms. The van der Waals surface area contributed by atoms with Crippen molar-refractivity contribution >= 4 is 17.5 Å². The average molecular weight is 294 g/mol. The minimum absolute atomic E-state index is 0.0797. The monoisotopic (exact) mass is 294 g/mol. The second kappa shape index (κ2) is 5.09. The normalized spacial score (nSPS) is 19.9. The Labute approximate surface area is 129 Å². The van der Waals surface area contributed by atoms with E-state index in [0.29, 0.717) is 23.6 Å². The summed E-state index contributed by atoms with van der Waals surface area (Å²) in [7, 11) is 0. The van der Waals surface area contributed by atoms with Crippen LogP contribution >= 0.6 is 0 Å². The van der Waals surface area contributed by atoms with E-state index in [2.05, 4.69) is 45.3 Å². The SMILES string of the molecule is CC1Cc2ccccc2N1c1ncc(C(=O)NC2CC2)cn1. The van der Waals surface area contributed by atoms with E-state index in [9.17, 15) is 4.79 Å². The number of aromatic nitrogens is 2. The van der Waals surface area contributed by atoms with Crippen LogP contribution < -0.4 is 10.2 Å². The van der Waals surface area contributed by atoms with E-state index in [0.717, 1.165) is 24.9 Å². The Morgan fingerprint density at radius 2 is 1.95 bits per heavy atom. The first kappa shape index (κ1) is 13.2. The highest BCUT2D eigenvalue weighted by Gasteiger charge is 2.29. The molecule has 4 rings (SSSR count). The van der Waals surface area contributed by atoms with Gasteiger partial charge in [0.15, 0.2) is 0 Å². The van der Waals surface area contributed by atoms with Crippen LogP contribution in [0.5, 0.6) is 0 Å². The summed E-state index contributed by atoms with van der Waals surface area (Å²) in [4.78, 5) is 22.9. The highest BCUT2D eigenvalue weighted by atomic mass is 16.1. The average Bonchev–Trinajstić information content (AvgIpc) is 3.27. The van der Waals surface area contributed by atoms with Crippen LogP contribution in [0.1, 0.15) is 35.7 Å². The van der Waals surface area contributed by atoms with Crippen molar-refractivity contribution in [2.75, 3.05) is 4.90 Å². The molecule has 1 saturated carbocycles. The third-order valence-corrected chi connectivity index (χ3v) is 4.24. The maximum absolute atomic E-state index is 12.0. The maximum Gasteiger partial charge on any atom is 0.254 e. The molecule has 0 radical (unpaired) electrons. The standard InChI is InChI=1S/C17H18N4O/c1-11-8-12-4-2-3-5-15(12)21(11)17-18-9-13(10-19-17)16(22)20-14-6-7-14/h2-5,9-11,14H,6-8H2,1H3,(H,20,22). The van der Waals surface area contributed by atoms with Gasteiger partial charge in [-0.2, -0.15) is 0 Å². The Balaban J connectivity index is 1.59. The van der Waals surface area contributed by atoms with Crippen molar-refractivity contribution in [1.82, 2.24) is 15.3 Å². The third kappa shape index (κ3) is 2.32. The highest BCUT2D eigenvalue weighted by Crippen LogP contribution is 2.36. The number of anilines is 2. The molecule has 1 N–H and O–H groups in total. The predicted molar refractivity (Wildman–Crippen MR) is 84.3 cm³/mol. The lowest BCUT2D eigenvalue weighted by atomic mass is 10.1. The topological polar surface area (TPSA) is 58.1 Å². The van der Waals surface area contributed by atoms with Gasteiger partial charge in [0.1, 0.15) is 0 Å². The van der Waals surface area contributed by atoms with Crippen LogP contribution in [0.3, 0.4) is 0 Å². The first-order chi connectivity index (χ1) is 10.7. The Bertz CT molecular complexity index is 709. The quantitative estimate of drug-likeness (QED) is 0.944. The fourth-order valence-electron chi connectivity index (χ4n) is 2.93. The van der Waals surface area contributed by atoms with E-state index >= 15 is 0 Å². The van der Waals surface area contributed by atoms with Crippen molar-refractivity contribution < 1.29 is 4.79 Å². The van der Waals surface area contributed by atoms with Crippen molar-refractivity contribution in [3.8, 4) is 0 Å². The van der Waals surface area contributed by atoms with Crippen molar-refractivity contribution in [3.05, 3.63) is 47.8 Å². The number of para-hydroxylation sites is 1. The van der Waals surface area contributed by atoms with Crippen LogP contribution in [0.2, 0.25) is 0 Å². The van der Waals surface area contributed by atoms with Gasteiger partial charge >= 0.3 is 0 Å². The number of nitrogens with zero attached hydrogens (tertiary/aromatic N) is 3. The lowest BCUT2D eigenvalue weighted by molar-refractivity contribution is 0.0950. The zero-order chi connectivity index (χ0) is 15.1. The fourth-order valence-corrected chi connectivity index (χ4v) is 2.93. The number of carbonyl (C=O) groups is 1. The molecular formula is C17H18N4O. The molecule has 1 unspecified atom stereocenters. The zero-order valence-corrected chi connectivity index (χ0v) is 12.5. The second-order valence-corrected chi connectivity index (χ2v) is 6.07. The summed E-state index contributed by atoms with van der Waals surface area (Å²) in [6, 6.07) is 8.99. The first-order valence-electron chi connectivity index (χ1n) is 7.72. The van der Waals surface area contributed by atoms with E-state index < -0.39 is 0 Å². The van der Waals surface area contributed by atoms with Crippen LogP contribution in [-0.2, 0) is 6.42 Å². The Morgan fingerprint density at radius 3 is 2.68 bits per heavy atom. The molecular weight excluding hydrogens is 276 g/mol. The molecule has 1 aromatic carbocycles. The number of carbonyl (C=O) groups excluding carboxylic acids is 1. The smallest absolute Gasteiger partial charge is 0.254 e. The molecule has 1 aromatic heterocycles. The first-order valence-corrected chi connectivity index (χ1v) is 7.72. The van der Waals surface area contributed by atoms with Crippen molar-refractivity contribution in [3.63, 3.8) is 0 Å². The van der Waals surface area contributed by atoms with E-state index in [1.807, 2.05) is 6.07 Å². The van der Waals surface area contributed by atoms with Gasteiger partial charge in [-0.25, -0.2) is 9.97 Å². The Kier molecular flexibility index (Phi) is 3.06. The summed E-state index contributed by atoms with van der Waals surface area (Å²) in [6.07, 6.45) is 6.38. The minimum atomic E-state index is -0.0797. The predicted octanol–water partition coefficient (Wildman–Crippen LogP) is 2.45. The van der Waals surface area contributed by atoms with E-state index in [1.54, 1.807) is 12.4 Å². The summed E-state index contributed by atoms with van der Waals surface area (Å²) in [5, 5.41) is 2.95. The summed E-state index contributed by atoms with van der Waals surface area (Å²) in [6.45, 7) is 2.16. The van der Waals surface area contributed by atoms with Crippen molar-refractivity contribution in [1.29, 1.82) is 0 Å². The zero-order valence-electron chi connectivity index (χ0n) is 12.5. The van der Waals surface area contributed by atoms with Gasteiger partial charge in [0.2, 0.25) is 5.95 Å². The van der Waals surface area contributed by atoms with Gasteiger partial charge in [-0.1, -0.05) is 18.2 Å². The molecule has 1 atom stereocenters. The summed E-state index contributed by atoms with van der Waals surface area (Å²) < 4.78 is 0. The molecule has 2 aromatic rings. The van der Waals surface area contributed by atoms with Gasteiger partial charge in [0.25, 0.3) is 5.91 Å². The number of hydrogen-bond acceptors (Lipinski definition) is 4. The highest BCUT2D eigenvalue weighted by molar-refractivity contribution is 5.94.